The van der Waals surface area contributed by atoms with Crippen LogP contribution in [-0.4, -0.2) is 10.1 Å². The van der Waals surface area contributed by atoms with Crippen LogP contribution in [0.2, 0.25) is 10.0 Å². The van der Waals surface area contributed by atoms with E-state index in [0.29, 0.717) is 11.9 Å². The summed E-state index contributed by atoms with van der Waals surface area (Å²) in [6, 6.07) is 4.81. The number of rotatable bonds is 3. The Kier molecular flexibility index (Phi) is 5.18. The van der Waals surface area contributed by atoms with Gasteiger partial charge in [-0.25, -0.2) is 4.98 Å². The van der Waals surface area contributed by atoms with Crippen molar-refractivity contribution < 1.29 is 17.9 Å². The monoisotopic (exact) mass is 381 g/mol. The molecular weight excluding hydrogens is 374 g/mol. The highest BCUT2D eigenvalue weighted by molar-refractivity contribution is 7.80. The van der Waals surface area contributed by atoms with Gasteiger partial charge < -0.3 is 15.8 Å². The number of nitrogens with two attached hydrogens (primary N) is 1. The molecule has 0 aliphatic carbocycles. The zero-order valence-electron chi connectivity index (χ0n) is 11.1. The first kappa shape index (κ1) is 17.6. The van der Waals surface area contributed by atoms with Gasteiger partial charge in [0.05, 0.1) is 15.6 Å². The molecule has 2 aromatic rings. The molecule has 0 saturated carbocycles. The predicted octanol–water partition coefficient (Wildman–Crippen LogP) is 4.86. The number of alkyl halides is 3. The summed E-state index contributed by atoms with van der Waals surface area (Å²) in [7, 11) is 0. The van der Waals surface area contributed by atoms with Crippen LogP contribution in [0.3, 0.4) is 0 Å². The zero-order valence-corrected chi connectivity index (χ0v) is 13.4. The first-order valence-electron chi connectivity index (χ1n) is 5.93. The van der Waals surface area contributed by atoms with Crippen molar-refractivity contribution in [2.45, 2.75) is 6.18 Å². The Morgan fingerprint density at radius 2 is 1.83 bits per heavy atom. The van der Waals surface area contributed by atoms with Crippen LogP contribution >= 0.6 is 35.4 Å². The summed E-state index contributed by atoms with van der Waals surface area (Å²) in [6.45, 7) is 0. The van der Waals surface area contributed by atoms with E-state index in [1.54, 1.807) is 0 Å². The van der Waals surface area contributed by atoms with Gasteiger partial charge in [0.15, 0.2) is 10.9 Å². The van der Waals surface area contributed by atoms with Gasteiger partial charge in [-0.3, -0.25) is 0 Å². The highest BCUT2D eigenvalue weighted by atomic mass is 35.5. The summed E-state index contributed by atoms with van der Waals surface area (Å²) >= 11 is 16.8. The van der Waals surface area contributed by atoms with Crippen molar-refractivity contribution >= 4 is 46.2 Å². The van der Waals surface area contributed by atoms with E-state index < -0.39 is 11.7 Å². The predicted molar refractivity (Wildman–Crippen MR) is 86.2 cm³/mol. The molecule has 0 amide bonds. The van der Waals surface area contributed by atoms with Gasteiger partial charge in [-0.2, -0.15) is 13.2 Å². The minimum Gasteiger partial charge on any atom is -0.436 e. The maximum atomic E-state index is 12.5. The Labute approximate surface area is 144 Å². The summed E-state index contributed by atoms with van der Waals surface area (Å²) in [5, 5.41) is 2.89. The molecule has 0 radical (unpaired) electrons. The second-order valence-corrected chi connectivity index (χ2v) is 5.50. The molecule has 3 N–H and O–H groups in total. The van der Waals surface area contributed by atoms with Crippen molar-refractivity contribution in [2.75, 3.05) is 5.32 Å². The average molecular weight is 382 g/mol. The summed E-state index contributed by atoms with van der Waals surface area (Å²) in [6.07, 6.45) is -3.82. The number of nitrogens with one attached hydrogen (secondary N) is 1. The lowest BCUT2D eigenvalue weighted by molar-refractivity contribution is -0.137. The van der Waals surface area contributed by atoms with Gasteiger partial charge in [0.1, 0.15) is 0 Å². The van der Waals surface area contributed by atoms with Crippen molar-refractivity contribution in [3.63, 3.8) is 0 Å². The highest BCUT2D eigenvalue weighted by Crippen LogP contribution is 2.38. The standard InChI is InChI=1S/C13H8Cl2F3N3OS/c14-8-3-7(21-12(19)23)4-9(15)11(8)22-10-2-1-6(5-20-10)13(16,17)18/h1-5H,(H3,19,21,23). The Morgan fingerprint density at radius 3 is 2.26 bits per heavy atom. The SMILES string of the molecule is NC(=S)Nc1cc(Cl)c(Oc2ccc(C(F)(F)F)cn2)c(Cl)c1. The van der Waals surface area contributed by atoms with Crippen molar-refractivity contribution in [2.24, 2.45) is 5.73 Å². The molecule has 10 heteroatoms. The molecule has 23 heavy (non-hydrogen) atoms. The minimum atomic E-state index is -4.48. The molecule has 1 aromatic heterocycles. The van der Waals surface area contributed by atoms with Crippen molar-refractivity contribution in [1.29, 1.82) is 0 Å². The number of benzene rings is 1. The molecule has 0 bridgehead atoms. The lowest BCUT2D eigenvalue weighted by atomic mass is 10.3. The van der Waals surface area contributed by atoms with Gasteiger partial charge in [-0.05, 0) is 30.4 Å². The normalized spacial score (nSPS) is 11.2. The molecule has 122 valence electrons. The number of hydrogen-bond donors (Lipinski definition) is 2. The van der Waals surface area contributed by atoms with Crippen LogP contribution in [0.1, 0.15) is 5.56 Å². The van der Waals surface area contributed by atoms with E-state index >= 15 is 0 Å². The van der Waals surface area contributed by atoms with E-state index in [1.165, 1.54) is 12.1 Å². The third-order valence-electron chi connectivity index (χ3n) is 2.54. The molecule has 0 aliphatic rings. The molecule has 0 unspecified atom stereocenters. The van der Waals surface area contributed by atoms with E-state index in [1.807, 2.05) is 0 Å². The van der Waals surface area contributed by atoms with Crippen LogP contribution in [-0.2, 0) is 6.18 Å². The summed E-state index contributed by atoms with van der Waals surface area (Å²) in [5.41, 5.74) is 4.89. The third kappa shape index (κ3) is 4.60. The highest BCUT2D eigenvalue weighted by Gasteiger charge is 2.30. The molecule has 4 nitrogen and oxygen atoms in total. The fraction of sp³-hybridized carbons (Fsp3) is 0.0769. The number of pyridine rings is 1. The number of ether oxygens (including phenoxy) is 1. The molecule has 2 rings (SSSR count). The second-order valence-electron chi connectivity index (χ2n) is 4.24. The lowest BCUT2D eigenvalue weighted by Gasteiger charge is -2.12. The molecule has 1 heterocycles. The van der Waals surface area contributed by atoms with Crippen molar-refractivity contribution in [3.8, 4) is 11.6 Å². The van der Waals surface area contributed by atoms with E-state index in [4.69, 9.17) is 45.9 Å². The molecule has 0 spiro atoms. The molecular formula is C13H8Cl2F3N3OS. The quantitative estimate of drug-likeness (QED) is 0.743. The topological polar surface area (TPSA) is 60.2 Å². The first-order chi connectivity index (χ1) is 10.7. The fourth-order valence-corrected chi connectivity index (χ4v) is 2.27. The zero-order chi connectivity index (χ0) is 17.2. The van der Waals surface area contributed by atoms with Crippen LogP contribution < -0.4 is 15.8 Å². The maximum Gasteiger partial charge on any atom is 0.417 e. The largest absolute Gasteiger partial charge is 0.436 e. The summed E-state index contributed by atoms with van der Waals surface area (Å²) < 4.78 is 42.8. The van der Waals surface area contributed by atoms with Crippen LogP contribution in [0.4, 0.5) is 18.9 Å². The summed E-state index contributed by atoms with van der Waals surface area (Å²) in [4.78, 5) is 3.58. The third-order valence-corrected chi connectivity index (χ3v) is 3.20. The number of aromatic nitrogens is 1. The summed E-state index contributed by atoms with van der Waals surface area (Å²) in [5.74, 6) is -0.0362. The Hall–Kier alpha value is -1.77. The Balaban J connectivity index is 2.25. The first-order valence-corrected chi connectivity index (χ1v) is 7.10. The van der Waals surface area contributed by atoms with Crippen LogP contribution in [0.25, 0.3) is 0 Å². The van der Waals surface area contributed by atoms with Gasteiger partial charge in [0.25, 0.3) is 0 Å². The van der Waals surface area contributed by atoms with Gasteiger partial charge in [-0.15, -0.1) is 0 Å². The smallest absolute Gasteiger partial charge is 0.417 e. The molecule has 1 aromatic carbocycles. The maximum absolute atomic E-state index is 12.5. The van der Waals surface area contributed by atoms with Gasteiger partial charge in [-0.1, -0.05) is 23.2 Å². The number of thiocarbonyl (C=S) groups is 1. The van der Waals surface area contributed by atoms with E-state index in [0.717, 1.165) is 12.1 Å². The van der Waals surface area contributed by atoms with E-state index in [-0.39, 0.29) is 26.8 Å². The number of hydrogen-bond acceptors (Lipinski definition) is 3. The molecule has 0 saturated heterocycles. The Morgan fingerprint density at radius 1 is 1.22 bits per heavy atom. The molecule has 0 fully saturated rings. The van der Waals surface area contributed by atoms with Gasteiger partial charge in [0.2, 0.25) is 5.88 Å². The second kappa shape index (κ2) is 6.77. The number of nitrogens with zero attached hydrogens (tertiary/aromatic N) is 1. The van der Waals surface area contributed by atoms with Crippen LogP contribution in [0.15, 0.2) is 30.5 Å². The number of anilines is 1. The molecule has 0 aliphatic heterocycles. The number of halogens is 5. The van der Waals surface area contributed by atoms with Crippen LogP contribution in [0, 0.1) is 0 Å². The Bertz CT molecular complexity index is 715. The van der Waals surface area contributed by atoms with Gasteiger partial charge >= 0.3 is 6.18 Å². The average Bonchev–Trinajstić information content (AvgIpc) is 2.42. The fourth-order valence-electron chi connectivity index (χ4n) is 1.58. The lowest BCUT2D eigenvalue weighted by Crippen LogP contribution is -2.18. The van der Waals surface area contributed by atoms with Crippen molar-refractivity contribution in [3.05, 3.63) is 46.1 Å². The minimum absolute atomic E-state index is 0.0233. The van der Waals surface area contributed by atoms with E-state index in [9.17, 15) is 13.2 Å². The van der Waals surface area contributed by atoms with Gasteiger partial charge in [0, 0.05) is 18.0 Å². The molecule has 0 atom stereocenters. The van der Waals surface area contributed by atoms with Crippen LogP contribution in [0.5, 0.6) is 11.6 Å². The van der Waals surface area contributed by atoms with E-state index in [2.05, 4.69) is 10.3 Å². The van der Waals surface area contributed by atoms with Crippen molar-refractivity contribution in [1.82, 2.24) is 4.98 Å².